The van der Waals surface area contributed by atoms with Crippen LogP contribution in [0, 0.1) is 11.3 Å². The van der Waals surface area contributed by atoms with Gasteiger partial charge < -0.3 is 9.47 Å². The van der Waals surface area contributed by atoms with E-state index in [0.717, 1.165) is 19.0 Å². The minimum absolute atomic E-state index is 0.462. The SMILES string of the molecule is CC(C)(C)[C@H]1CCN(CCn2ccnc2)C1. The Hall–Kier alpha value is -0.830. The molecular weight excluding hydrogens is 198 g/mol. The van der Waals surface area contributed by atoms with Gasteiger partial charge in [-0.25, -0.2) is 4.98 Å². The van der Waals surface area contributed by atoms with Crippen molar-refractivity contribution in [1.29, 1.82) is 0 Å². The summed E-state index contributed by atoms with van der Waals surface area (Å²) in [5.74, 6) is 0.857. The van der Waals surface area contributed by atoms with Crippen LogP contribution in [-0.4, -0.2) is 34.1 Å². The van der Waals surface area contributed by atoms with Gasteiger partial charge in [-0.2, -0.15) is 0 Å². The minimum atomic E-state index is 0.462. The van der Waals surface area contributed by atoms with E-state index in [1.54, 1.807) is 0 Å². The summed E-state index contributed by atoms with van der Waals surface area (Å²) in [7, 11) is 0. The van der Waals surface area contributed by atoms with E-state index in [1.807, 2.05) is 18.7 Å². The van der Waals surface area contributed by atoms with E-state index >= 15 is 0 Å². The average Bonchev–Trinajstić information content (AvgIpc) is 2.85. The summed E-state index contributed by atoms with van der Waals surface area (Å²) in [6.45, 7) is 11.8. The summed E-state index contributed by atoms with van der Waals surface area (Å²) in [6, 6.07) is 0. The third-order valence-corrected chi connectivity index (χ3v) is 3.73. The Kier molecular flexibility index (Phi) is 3.33. The molecule has 0 saturated carbocycles. The first-order valence-electron chi connectivity index (χ1n) is 6.24. The molecule has 3 nitrogen and oxygen atoms in total. The van der Waals surface area contributed by atoms with Crippen molar-refractivity contribution >= 4 is 0 Å². The van der Waals surface area contributed by atoms with Crippen molar-refractivity contribution in [3.05, 3.63) is 18.7 Å². The molecule has 1 aromatic heterocycles. The summed E-state index contributed by atoms with van der Waals surface area (Å²) < 4.78 is 2.16. The van der Waals surface area contributed by atoms with E-state index in [-0.39, 0.29) is 0 Å². The van der Waals surface area contributed by atoms with Crippen molar-refractivity contribution in [3.8, 4) is 0 Å². The third-order valence-electron chi connectivity index (χ3n) is 3.73. The highest BCUT2D eigenvalue weighted by atomic mass is 15.2. The first-order valence-corrected chi connectivity index (χ1v) is 6.24. The van der Waals surface area contributed by atoms with Gasteiger partial charge in [0.05, 0.1) is 6.33 Å². The molecule has 16 heavy (non-hydrogen) atoms. The largest absolute Gasteiger partial charge is 0.336 e. The third kappa shape index (κ3) is 2.85. The van der Waals surface area contributed by atoms with E-state index in [2.05, 4.69) is 35.2 Å². The van der Waals surface area contributed by atoms with E-state index in [4.69, 9.17) is 0 Å². The zero-order chi connectivity index (χ0) is 11.6. The summed E-state index contributed by atoms with van der Waals surface area (Å²) in [5.41, 5.74) is 0.462. The zero-order valence-corrected chi connectivity index (χ0v) is 10.7. The highest BCUT2D eigenvalue weighted by Gasteiger charge is 2.31. The number of aromatic nitrogens is 2. The maximum atomic E-state index is 4.07. The molecule has 0 radical (unpaired) electrons. The minimum Gasteiger partial charge on any atom is -0.336 e. The van der Waals surface area contributed by atoms with Gasteiger partial charge in [0.15, 0.2) is 0 Å². The fourth-order valence-electron chi connectivity index (χ4n) is 2.42. The number of likely N-dealkylation sites (tertiary alicyclic amines) is 1. The molecule has 0 bridgehead atoms. The molecule has 0 aromatic carbocycles. The fraction of sp³-hybridized carbons (Fsp3) is 0.769. The predicted molar refractivity (Wildman–Crippen MR) is 66.2 cm³/mol. The van der Waals surface area contributed by atoms with Crippen molar-refractivity contribution in [2.24, 2.45) is 11.3 Å². The molecule has 90 valence electrons. The highest BCUT2D eigenvalue weighted by molar-refractivity contribution is 4.84. The lowest BCUT2D eigenvalue weighted by Gasteiger charge is -2.27. The van der Waals surface area contributed by atoms with E-state index in [0.29, 0.717) is 5.41 Å². The van der Waals surface area contributed by atoms with Crippen LogP contribution in [0.15, 0.2) is 18.7 Å². The Bertz CT molecular complexity index is 310. The molecule has 0 spiro atoms. The Labute approximate surface area is 98.5 Å². The molecule has 0 unspecified atom stereocenters. The molecule has 1 atom stereocenters. The van der Waals surface area contributed by atoms with Crippen LogP contribution < -0.4 is 0 Å². The van der Waals surface area contributed by atoms with Crippen LogP contribution in [0.4, 0.5) is 0 Å². The van der Waals surface area contributed by atoms with Gasteiger partial charge in [-0.3, -0.25) is 0 Å². The fourth-order valence-corrected chi connectivity index (χ4v) is 2.42. The van der Waals surface area contributed by atoms with Crippen LogP contribution in [0.2, 0.25) is 0 Å². The number of hydrogen-bond acceptors (Lipinski definition) is 2. The maximum absolute atomic E-state index is 4.07. The molecule has 2 heterocycles. The molecule has 3 heteroatoms. The van der Waals surface area contributed by atoms with E-state index in [9.17, 15) is 0 Å². The lowest BCUT2D eigenvalue weighted by molar-refractivity contribution is 0.226. The molecule has 1 saturated heterocycles. The average molecular weight is 221 g/mol. The van der Waals surface area contributed by atoms with Gasteiger partial charge in [0.2, 0.25) is 0 Å². The van der Waals surface area contributed by atoms with Crippen LogP contribution in [0.3, 0.4) is 0 Å². The second-order valence-electron chi connectivity index (χ2n) is 5.95. The lowest BCUT2D eigenvalue weighted by Crippen LogP contribution is -2.28. The summed E-state index contributed by atoms with van der Waals surface area (Å²) in [6.07, 6.45) is 7.14. The number of imidazole rings is 1. The van der Waals surface area contributed by atoms with Gasteiger partial charge >= 0.3 is 0 Å². The summed E-state index contributed by atoms with van der Waals surface area (Å²) in [4.78, 5) is 6.65. The standard InChI is InChI=1S/C13H23N3/c1-13(2,3)12-4-6-15(10-12)8-9-16-7-5-14-11-16/h5,7,11-12H,4,6,8-10H2,1-3H3/t12-/m0/s1. The summed E-state index contributed by atoms with van der Waals surface area (Å²) >= 11 is 0. The van der Waals surface area contributed by atoms with Crippen molar-refractivity contribution in [2.45, 2.75) is 33.7 Å². The Morgan fingerprint density at radius 2 is 2.12 bits per heavy atom. The zero-order valence-electron chi connectivity index (χ0n) is 10.7. The van der Waals surface area contributed by atoms with Crippen LogP contribution in [0.1, 0.15) is 27.2 Å². The topological polar surface area (TPSA) is 21.1 Å². The first-order chi connectivity index (χ1) is 7.55. The second kappa shape index (κ2) is 4.58. The van der Waals surface area contributed by atoms with E-state index in [1.165, 1.54) is 19.5 Å². The second-order valence-corrected chi connectivity index (χ2v) is 5.95. The van der Waals surface area contributed by atoms with Crippen molar-refractivity contribution in [1.82, 2.24) is 14.5 Å². The van der Waals surface area contributed by atoms with Crippen molar-refractivity contribution in [2.75, 3.05) is 19.6 Å². The van der Waals surface area contributed by atoms with Crippen molar-refractivity contribution in [3.63, 3.8) is 0 Å². The number of nitrogens with zero attached hydrogens (tertiary/aromatic N) is 3. The van der Waals surface area contributed by atoms with Gasteiger partial charge in [-0.05, 0) is 24.3 Å². The molecule has 0 N–H and O–H groups in total. The maximum Gasteiger partial charge on any atom is 0.0946 e. The summed E-state index contributed by atoms with van der Waals surface area (Å²) in [5, 5.41) is 0. The van der Waals surface area contributed by atoms with Crippen LogP contribution >= 0.6 is 0 Å². The Balaban J connectivity index is 1.77. The van der Waals surface area contributed by atoms with Crippen LogP contribution in [0.25, 0.3) is 0 Å². The monoisotopic (exact) mass is 221 g/mol. The molecule has 0 aliphatic carbocycles. The molecule has 1 aliphatic heterocycles. The molecule has 1 fully saturated rings. The van der Waals surface area contributed by atoms with Gasteiger partial charge in [0.1, 0.15) is 0 Å². The molecule has 1 aliphatic rings. The smallest absolute Gasteiger partial charge is 0.0946 e. The number of rotatable bonds is 3. The lowest BCUT2D eigenvalue weighted by atomic mass is 9.80. The predicted octanol–water partition coefficient (Wildman–Crippen LogP) is 2.25. The Morgan fingerprint density at radius 1 is 1.31 bits per heavy atom. The first kappa shape index (κ1) is 11.6. The van der Waals surface area contributed by atoms with E-state index < -0.39 is 0 Å². The van der Waals surface area contributed by atoms with Gasteiger partial charge in [0, 0.05) is 32.0 Å². The van der Waals surface area contributed by atoms with Gasteiger partial charge in [-0.15, -0.1) is 0 Å². The Morgan fingerprint density at radius 3 is 2.69 bits per heavy atom. The van der Waals surface area contributed by atoms with Crippen molar-refractivity contribution < 1.29 is 0 Å². The molecule has 1 aromatic rings. The van der Waals surface area contributed by atoms with Crippen LogP contribution in [-0.2, 0) is 6.54 Å². The van der Waals surface area contributed by atoms with Crippen LogP contribution in [0.5, 0.6) is 0 Å². The molecular formula is C13H23N3. The van der Waals surface area contributed by atoms with Gasteiger partial charge in [0.25, 0.3) is 0 Å². The quantitative estimate of drug-likeness (QED) is 0.780. The van der Waals surface area contributed by atoms with Gasteiger partial charge in [-0.1, -0.05) is 20.8 Å². The molecule has 2 rings (SSSR count). The molecule has 0 amide bonds. The highest BCUT2D eigenvalue weighted by Crippen LogP contribution is 2.33. The number of hydrogen-bond donors (Lipinski definition) is 0. The normalized spacial score (nSPS) is 22.8.